The molecule has 3 rings (SSSR count). The third-order valence-electron chi connectivity index (χ3n) is 3.51. The molecule has 1 N–H and O–H groups in total. The molecule has 5 nitrogen and oxygen atoms in total. The SMILES string of the molecule is CC(C)n1ncc2cc(NC(=O)/C=C/c3ccccc3Cl)cnc21. The van der Waals surface area contributed by atoms with Gasteiger partial charge in [0.1, 0.15) is 0 Å². The Labute approximate surface area is 145 Å². The molecule has 122 valence electrons. The number of hydrogen-bond acceptors (Lipinski definition) is 3. The van der Waals surface area contributed by atoms with Crippen LogP contribution in [0.2, 0.25) is 5.02 Å². The minimum atomic E-state index is -0.243. The molecular weight excluding hydrogens is 324 g/mol. The molecule has 2 heterocycles. The number of carbonyl (C=O) groups is 1. The number of hydrogen-bond donors (Lipinski definition) is 1. The molecule has 0 unspecified atom stereocenters. The standard InChI is InChI=1S/C18H17ClN4O/c1-12(2)23-18-14(10-21-23)9-15(11-20-18)22-17(24)8-7-13-5-3-4-6-16(13)19/h3-12H,1-2H3,(H,22,24)/b8-7+. The molecule has 0 saturated heterocycles. The van der Waals surface area contributed by atoms with Gasteiger partial charge in [-0.05, 0) is 37.6 Å². The average molecular weight is 341 g/mol. The van der Waals surface area contributed by atoms with E-state index >= 15 is 0 Å². The Morgan fingerprint density at radius 2 is 2.08 bits per heavy atom. The number of nitrogens with one attached hydrogen (secondary N) is 1. The van der Waals surface area contributed by atoms with Gasteiger partial charge in [-0.3, -0.25) is 4.79 Å². The highest BCUT2D eigenvalue weighted by atomic mass is 35.5. The van der Waals surface area contributed by atoms with Crippen LogP contribution in [-0.2, 0) is 4.79 Å². The molecule has 3 aromatic rings. The monoisotopic (exact) mass is 340 g/mol. The number of rotatable bonds is 4. The van der Waals surface area contributed by atoms with Crippen molar-refractivity contribution in [2.24, 2.45) is 0 Å². The zero-order valence-electron chi connectivity index (χ0n) is 13.4. The quantitative estimate of drug-likeness (QED) is 0.719. The number of pyridine rings is 1. The van der Waals surface area contributed by atoms with Gasteiger partial charge in [0, 0.05) is 22.5 Å². The van der Waals surface area contributed by atoms with Crippen molar-refractivity contribution in [2.75, 3.05) is 5.32 Å². The molecule has 0 aliphatic carbocycles. The number of anilines is 1. The van der Waals surface area contributed by atoms with Gasteiger partial charge < -0.3 is 5.32 Å². The number of aromatic nitrogens is 3. The van der Waals surface area contributed by atoms with Gasteiger partial charge in [-0.25, -0.2) is 9.67 Å². The molecule has 1 amide bonds. The van der Waals surface area contributed by atoms with Crippen molar-refractivity contribution in [2.45, 2.75) is 19.9 Å². The van der Waals surface area contributed by atoms with Crippen molar-refractivity contribution in [3.8, 4) is 0 Å². The van der Waals surface area contributed by atoms with Crippen LogP contribution in [0.25, 0.3) is 17.1 Å². The van der Waals surface area contributed by atoms with E-state index in [1.54, 1.807) is 24.5 Å². The van der Waals surface area contributed by atoms with Gasteiger partial charge in [-0.1, -0.05) is 29.8 Å². The van der Waals surface area contributed by atoms with Crippen LogP contribution in [0.5, 0.6) is 0 Å². The van der Waals surface area contributed by atoms with E-state index in [1.807, 2.05) is 42.8 Å². The molecule has 0 aliphatic heterocycles. The third kappa shape index (κ3) is 3.46. The van der Waals surface area contributed by atoms with Crippen molar-refractivity contribution in [1.82, 2.24) is 14.8 Å². The molecule has 2 aromatic heterocycles. The summed E-state index contributed by atoms with van der Waals surface area (Å²) in [5.41, 5.74) is 2.22. The number of carbonyl (C=O) groups excluding carboxylic acids is 1. The molecule has 0 atom stereocenters. The second kappa shape index (κ2) is 6.84. The van der Waals surface area contributed by atoms with Gasteiger partial charge in [0.25, 0.3) is 0 Å². The molecule has 6 heteroatoms. The molecule has 0 bridgehead atoms. The van der Waals surface area contributed by atoms with Crippen LogP contribution in [0.1, 0.15) is 25.5 Å². The summed E-state index contributed by atoms with van der Waals surface area (Å²) in [5, 5.41) is 8.60. The lowest BCUT2D eigenvalue weighted by molar-refractivity contribution is -0.111. The summed E-state index contributed by atoms with van der Waals surface area (Å²) in [5.74, 6) is -0.243. The maximum Gasteiger partial charge on any atom is 0.248 e. The van der Waals surface area contributed by atoms with Crippen LogP contribution in [0.3, 0.4) is 0 Å². The van der Waals surface area contributed by atoms with Crippen molar-refractivity contribution >= 4 is 40.3 Å². The lowest BCUT2D eigenvalue weighted by Gasteiger charge is -2.06. The number of halogens is 1. The fourth-order valence-electron chi connectivity index (χ4n) is 2.35. The van der Waals surface area contributed by atoms with E-state index in [0.717, 1.165) is 16.6 Å². The zero-order chi connectivity index (χ0) is 17.1. The number of amides is 1. The third-order valence-corrected chi connectivity index (χ3v) is 3.85. The molecular formula is C18H17ClN4O. The predicted octanol–water partition coefficient (Wildman–Crippen LogP) is 4.32. The fourth-order valence-corrected chi connectivity index (χ4v) is 2.54. The Balaban J connectivity index is 1.75. The van der Waals surface area contributed by atoms with Crippen molar-refractivity contribution in [3.63, 3.8) is 0 Å². The first-order valence-corrected chi connectivity index (χ1v) is 7.99. The molecule has 0 fully saturated rings. The van der Waals surface area contributed by atoms with Gasteiger partial charge >= 0.3 is 0 Å². The highest BCUT2D eigenvalue weighted by Gasteiger charge is 2.08. The van der Waals surface area contributed by atoms with Crippen LogP contribution in [-0.4, -0.2) is 20.7 Å². The molecule has 0 aliphatic rings. The normalized spacial score (nSPS) is 11.5. The number of benzene rings is 1. The Morgan fingerprint density at radius 1 is 1.29 bits per heavy atom. The Morgan fingerprint density at radius 3 is 2.83 bits per heavy atom. The van der Waals surface area contributed by atoms with E-state index in [2.05, 4.69) is 15.4 Å². The topological polar surface area (TPSA) is 59.8 Å². The van der Waals surface area contributed by atoms with Gasteiger partial charge in [0.15, 0.2) is 5.65 Å². The van der Waals surface area contributed by atoms with Crippen LogP contribution in [0.15, 0.2) is 48.8 Å². The Bertz CT molecular complexity index is 914. The van der Waals surface area contributed by atoms with E-state index in [1.165, 1.54) is 6.08 Å². The Kier molecular flexibility index (Phi) is 4.62. The summed E-state index contributed by atoms with van der Waals surface area (Å²) in [6.07, 6.45) is 6.51. The predicted molar refractivity (Wildman–Crippen MR) is 97.0 cm³/mol. The van der Waals surface area contributed by atoms with E-state index < -0.39 is 0 Å². The lowest BCUT2D eigenvalue weighted by Crippen LogP contribution is -2.08. The molecule has 24 heavy (non-hydrogen) atoms. The molecule has 0 radical (unpaired) electrons. The Hall–Kier alpha value is -2.66. The van der Waals surface area contributed by atoms with Gasteiger partial charge in [0.2, 0.25) is 5.91 Å². The van der Waals surface area contributed by atoms with Crippen molar-refractivity contribution < 1.29 is 4.79 Å². The first kappa shape index (κ1) is 16.2. The van der Waals surface area contributed by atoms with E-state index in [9.17, 15) is 4.79 Å². The smallest absolute Gasteiger partial charge is 0.248 e. The maximum atomic E-state index is 12.1. The summed E-state index contributed by atoms with van der Waals surface area (Å²) in [6.45, 7) is 4.09. The van der Waals surface area contributed by atoms with Crippen molar-refractivity contribution in [3.05, 3.63) is 59.4 Å². The van der Waals surface area contributed by atoms with Crippen LogP contribution in [0, 0.1) is 0 Å². The first-order chi connectivity index (χ1) is 11.5. The van der Waals surface area contributed by atoms with E-state index in [4.69, 9.17) is 11.6 Å². The number of fused-ring (bicyclic) bond motifs is 1. The van der Waals surface area contributed by atoms with E-state index in [-0.39, 0.29) is 11.9 Å². The summed E-state index contributed by atoms with van der Waals surface area (Å²) in [7, 11) is 0. The second-order valence-electron chi connectivity index (χ2n) is 5.66. The molecule has 0 saturated carbocycles. The summed E-state index contributed by atoms with van der Waals surface area (Å²) in [4.78, 5) is 16.4. The molecule has 0 spiro atoms. The van der Waals surface area contributed by atoms with Crippen LogP contribution in [0.4, 0.5) is 5.69 Å². The highest BCUT2D eigenvalue weighted by molar-refractivity contribution is 6.32. The first-order valence-electron chi connectivity index (χ1n) is 7.61. The maximum absolute atomic E-state index is 12.1. The van der Waals surface area contributed by atoms with Crippen LogP contribution >= 0.6 is 11.6 Å². The van der Waals surface area contributed by atoms with Gasteiger partial charge in [-0.2, -0.15) is 5.10 Å². The summed E-state index contributed by atoms with van der Waals surface area (Å²) in [6, 6.07) is 9.43. The van der Waals surface area contributed by atoms with Gasteiger partial charge in [-0.15, -0.1) is 0 Å². The zero-order valence-corrected chi connectivity index (χ0v) is 14.2. The van der Waals surface area contributed by atoms with E-state index in [0.29, 0.717) is 10.7 Å². The summed E-state index contributed by atoms with van der Waals surface area (Å²) >= 11 is 6.06. The second-order valence-corrected chi connectivity index (χ2v) is 6.07. The molecule has 1 aromatic carbocycles. The number of nitrogens with zero attached hydrogens (tertiary/aromatic N) is 3. The fraction of sp³-hybridized carbons (Fsp3) is 0.167. The average Bonchev–Trinajstić information content (AvgIpc) is 2.97. The minimum absolute atomic E-state index is 0.231. The van der Waals surface area contributed by atoms with Crippen LogP contribution < -0.4 is 5.32 Å². The largest absolute Gasteiger partial charge is 0.321 e. The summed E-state index contributed by atoms with van der Waals surface area (Å²) < 4.78 is 1.85. The highest BCUT2D eigenvalue weighted by Crippen LogP contribution is 2.19. The van der Waals surface area contributed by atoms with Gasteiger partial charge in [0.05, 0.1) is 18.1 Å². The minimum Gasteiger partial charge on any atom is -0.321 e. The van der Waals surface area contributed by atoms with Crippen molar-refractivity contribution in [1.29, 1.82) is 0 Å². The lowest BCUT2D eigenvalue weighted by atomic mass is 10.2.